The fourth-order valence-electron chi connectivity index (χ4n) is 2.40. The average Bonchev–Trinajstić information content (AvgIpc) is 2.75. The van der Waals surface area contributed by atoms with Crippen LogP contribution < -0.4 is 0 Å². The molecule has 0 aromatic heterocycles. The normalized spacial score (nSPS) is 40.4. The molecule has 0 aromatic carbocycles. The van der Waals surface area contributed by atoms with Crippen LogP contribution >= 0.6 is 0 Å². The molecule has 96 valence electrons. The second-order valence-corrected chi connectivity index (χ2v) is 4.75. The lowest BCUT2D eigenvalue weighted by Gasteiger charge is -2.23. The largest absolute Gasteiger partial charge is 0.394 e. The molecule has 5 heteroatoms. The fraction of sp³-hybridized carbons (Fsp3) is 0.750. The molecule has 17 heavy (non-hydrogen) atoms. The SMILES string of the molecule is C/C=C(/C=O)[C@@H]1O[C@H](CO)[C@H]2OC(C)(C)O[C@H]21. The van der Waals surface area contributed by atoms with E-state index in [1.807, 2.05) is 13.8 Å². The van der Waals surface area contributed by atoms with Crippen molar-refractivity contribution in [1.29, 1.82) is 0 Å². The Hall–Kier alpha value is -0.750. The summed E-state index contributed by atoms with van der Waals surface area (Å²) in [5.41, 5.74) is 0.525. The van der Waals surface area contributed by atoms with Crippen LogP contribution in [-0.2, 0) is 19.0 Å². The summed E-state index contributed by atoms with van der Waals surface area (Å²) in [6, 6.07) is 0. The molecule has 2 rings (SSSR count). The minimum Gasteiger partial charge on any atom is -0.394 e. The van der Waals surface area contributed by atoms with E-state index in [0.717, 1.165) is 6.29 Å². The number of aldehydes is 1. The summed E-state index contributed by atoms with van der Waals surface area (Å²) in [5.74, 6) is -0.702. The smallest absolute Gasteiger partial charge is 0.164 e. The topological polar surface area (TPSA) is 65.0 Å². The second-order valence-electron chi connectivity index (χ2n) is 4.75. The van der Waals surface area contributed by atoms with E-state index >= 15 is 0 Å². The molecule has 2 saturated heterocycles. The van der Waals surface area contributed by atoms with Gasteiger partial charge < -0.3 is 19.3 Å². The maximum atomic E-state index is 11.0. The van der Waals surface area contributed by atoms with Gasteiger partial charge in [-0.3, -0.25) is 4.79 Å². The molecular formula is C12H18O5. The van der Waals surface area contributed by atoms with Crippen molar-refractivity contribution in [3.8, 4) is 0 Å². The van der Waals surface area contributed by atoms with E-state index in [0.29, 0.717) is 5.57 Å². The molecule has 0 radical (unpaired) electrons. The minimum absolute atomic E-state index is 0.146. The third kappa shape index (κ3) is 2.15. The molecule has 0 saturated carbocycles. The average molecular weight is 242 g/mol. The minimum atomic E-state index is -0.702. The Kier molecular flexibility index (Phi) is 3.36. The van der Waals surface area contributed by atoms with Gasteiger partial charge in [-0.2, -0.15) is 0 Å². The standard InChI is InChI=1S/C12H18O5/c1-4-7(5-13)9-11-10(8(6-14)15-9)16-12(2,3)17-11/h4-5,8-11,14H,6H2,1-3H3/b7-4-/t8-,9+,10-,11+/m1/s1. The van der Waals surface area contributed by atoms with E-state index < -0.39 is 18.0 Å². The highest BCUT2D eigenvalue weighted by atomic mass is 16.8. The first-order chi connectivity index (χ1) is 8.02. The molecule has 5 nitrogen and oxygen atoms in total. The molecule has 0 bridgehead atoms. The van der Waals surface area contributed by atoms with Crippen LogP contribution in [0.3, 0.4) is 0 Å². The molecule has 2 fully saturated rings. The molecule has 0 unspecified atom stereocenters. The lowest BCUT2D eigenvalue weighted by atomic mass is 10.0. The molecule has 0 amide bonds. The maximum absolute atomic E-state index is 11.0. The monoisotopic (exact) mass is 242 g/mol. The number of hydrogen-bond acceptors (Lipinski definition) is 5. The zero-order valence-electron chi connectivity index (χ0n) is 10.3. The number of fused-ring (bicyclic) bond motifs is 1. The highest BCUT2D eigenvalue weighted by Crippen LogP contribution is 2.40. The molecule has 2 heterocycles. The highest BCUT2D eigenvalue weighted by molar-refractivity contribution is 5.75. The van der Waals surface area contributed by atoms with E-state index in [4.69, 9.17) is 14.2 Å². The number of allylic oxidation sites excluding steroid dienone is 1. The van der Waals surface area contributed by atoms with E-state index in [1.54, 1.807) is 13.0 Å². The van der Waals surface area contributed by atoms with Gasteiger partial charge >= 0.3 is 0 Å². The van der Waals surface area contributed by atoms with Gasteiger partial charge in [-0.1, -0.05) is 6.08 Å². The summed E-state index contributed by atoms with van der Waals surface area (Å²) < 4.78 is 17.1. The maximum Gasteiger partial charge on any atom is 0.164 e. The molecule has 2 aliphatic heterocycles. The Morgan fingerprint density at radius 1 is 1.35 bits per heavy atom. The van der Waals surface area contributed by atoms with Crippen molar-refractivity contribution in [2.24, 2.45) is 0 Å². The van der Waals surface area contributed by atoms with Crippen LogP contribution in [0.4, 0.5) is 0 Å². The van der Waals surface area contributed by atoms with Gasteiger partial charge in [-0.05, 0) is 20.8 Å². The molecule has 0 spiro atoms. The van der Waals surface area contributed by atoms with Crippen molar-refractivity contribution in [3.05, 3.63) is 11.6 Å². The van der Waals surface area contributed by atoms with Gasteiger partial charge in [0.2, 0.25) is 0 Å². The summed E-state index contributed by atoms with van der Waals surface area (Å²) in [5, 5.41) is 9.26. The van der Waals surface area contributed by atoms with Gasteiger partial charge in [-0.25, -0.2) is 0 Å². The van der Waals surface area contributed by atoms with E-state index in [9.17, 15) is 9.90 Å². The summed E-state index contributed by atoms with van der Waals surface area (Å²) in [6.45, 7) is 5.25. The first-order valence-corrected chi connectivity index (χ1v) is 5.75. The van der Waals surface area contributed by atoms with Gasteiger partial charge in [0.1, 0.15) is 30.7 Å². The van der Waals surface area contributed by atoms with Gasteiger partial charge in [0, 0.05) is 5.57 Å². The van der Waals surface area contributed by atoms with Crippen LogP contribution in [0, 0.1) is 0 Å². The number of aliphatic hydroxyl groups is 1. The Balaban J connectivity index is 2.24. The van der Waals surface area contributed by atoms with Crippen molar-refractivity contribution in [3.63, 3.8) is 0 Å². The van der Waals surface area contributed by atoms with Gasteiger partial charge in [0.15, 0.2) is 5.79 Å². The Bertz CT molecular complexity index is 336. The summed E-state index contributed by atoms with van der Waals surface area (Å²) in [7, 11) is 0. The third-order valence-electron chi connectivity index (χ3n) is 3.13. The second kappa shape index (κ2) is 4.49. The van der Waals surface area contributed by atoms with Crippen molar-refractivity contribution < 1.29 is 24.1 Å². The van der Waals surface area contributed by atoms with Crippen molar-refractivity contribution in [2.75, 3.05) is 6.61 Å². The first-order valence-electron chi connectivity index (χ1n) is 5.75. The predicted molar refractivity (Wildman–Crippen MR) is 59.4 cm³/mol. The van der Waals surface area contributed by atoms with Crippen LogP contribution in [0.5, 0.6) is 0 Å². The van der Waals surface area contributed by atoms with Gasteiger partial charge in [-0.15, -0.1) is 0 Å². The van der Waals surface area contributed by atoms with Crippen molar-refractivity contribution >= 4 is 6.29 Å². The number of ether oxygens (including phenoxy) is 3. The van der Waals surface area contributed by atoms with E-state index in [2.05, 4.69) is 0 Å². The Labute approximate surface area is 100 Å². The number of carbonyl (C=O) groups is 1. The zero-order valence-corrected chi connectivity index (χ0v) is 10.3. The quantitative estimate of drug-likeness (QED) is 0.573. The summed E-state index contributed by atoms with van der Waals surface area (Å²) in [6.07, 6.45) is 0.899. The molecule has 4 atom stereocenters. The molecular weight excluding hydrogens is 224 g/mol. The van der Waals surface area contributed by atoms with Crippen molar-refractivity contribution in [2.45, 2.75) is 51.0 Å². The molecule has 1 N–H and O–H groups in total. The molecule has 0 aliphatic carbocycles. The van der Waals surface area contributed by atoms with Gasteiger partial charge in [0.05, 0.1) is 6.61 Å². The van der Waals surface area contributed by atoms with E-state index in [1.165, 1.54) is 0 Å². The number of hydrogen-bond donors (Lipinski definition) is 1. The molecule has 0 aromatic rings. The lowest BCUT2D eigenvalue weighted by molar-refractivity contribution is -0.186. The third-order valence-corrected chi connectivity index (χ3v) is 3.13. The first kappa shape index (κ1) is 12.7. The van der Waals surface area contributed by atoms with Crippen LogP contribution in [0.1, 0.15) is 20.8 Å². The number of rotatable bonds is 3. The van der Waals surface area contributed by atoms with Crippen molar-refractivity contribution in [1.82, 2.24) is 0 Å². The fourth-order valence-corrected chi connectivity index (χ4v) is 2.40. The summed E-state index contributed by atoms with van der Waals surface area (Å²) in [4.78, 5) is 11.0. The van der Waals surface area contributed by atoms with Gasteiger partial charge in [0.25, 0.3) is 0 Å². The lowest BCUT2D eigenvalue weighted by Crippen LogP contribution is -2.32. The van der Waals surface area contributed by atoms with E-state index in [-0.39, 0.29) is 18.8 Å². The molecule has 2 aliphatic rings. The predicted octanol–water partition coefficient (Wildman–Crippen LogP) is 0.411. The van der Waals surface area contributed by atoms with Crippen LogP contribution in [0.15, 0.2) is 11.6 Å². The van der Waals surface area contributed by atoms with Crippen LogP contribution in [0.25, 0.3) is 0 Å². The number of carbonyl (C=O) groups excluding carboxylic acids is 1. The Morgan fingerprint density at radius 3 is 2.53 bits per heavy atom. The highest BCUT2D eigenvalue weighted by Gasteiger charge is 2.55. The zero-order chi connectivity index (χ0) is 12.6. The van der Waals surface area contributed by atoms with Crippen LogP contribution in [-0.4, -0.2) is 48.2 Å². The Morgan fingerprint density at radius 2 is 2.00 bits per heavy atom. The summed E-state index contributed by atoms with van der Waals surface area (Å²) >= 11 is 0. The number of aliphatic hydroxyl groups excluding tert-OH is 1. The van der Waals surface area contributed by atoms with Crippen LogP contribution in [0.2, 0.25) is 0 Å².